The number of benzene rings is 1. The van der Waals surface area contributed by atoms with E-state index in [1.54, 1.807) is 6.92 Å². The lowest BCUT2D eigenvalue weighted by atomic mass is 10.2. The fourth-order valence-corrected chi connectivity index (χ4v) is 4.35. The molecule has 22 heavy (non-hydrogen) atoms. The zero-order chi connectivity index (χ0) is 15.9. The predicted octanol–water partition coefficient (Wildman–Crippen LogP) is 1.57. The molecule has 0 spiro atoms. The summed E-state index contributed by atoms with van der Waals surface area (Å²) in [5, 5.41) is 2.85. The SMILES string of the molecule is Cc1ccc(S(=O)(=O)N2CCCC2C(=O)NC2CC2)cc1F. The smallest absolute Gasteiger partial charge is 0.243 e. The van der Waals surface area contributed by atoms with Gasteiger partial charge in [-0.3, -0.25) is 4.79 Å². The van der Waals surface area contributed by atoms with Gasteiger partial charge in [0.15, 0.2) is 0 Å². The lowest BCUT2D eigenvalue weighted by Crippen LogP contribution is -2.46. The number of nitrogens with zero attached hydrogens (tertiary/aromatic N) is 1. The van der Waals surface area contributed by atoms with Crippen LogP contribution in [-0.4, -0.2) is 37.3 Å². The lowest BCUT2D eigenvalue weighted by molar-refractivity contribution is -0.124. The molecule has 1 saturated heterocycles. The van der Waals surface area contributed by atoms with Gasteiger partial charge in [0.25, 0.3) is 0 Å². The van der Waals surface area contributed by atoms with Crippen LogP contribution in [0, 0.1) is 12.7 Å². The number of hydrogen-bond acceptors (Lipinski definition) is 3. The van der Waals surface area contributed by atoms with E-state index in [1.165, 1.54) is 16.4 Å². The number of hydrogen-bond donors (Lipinski definition) is 1. The molecule has 5 nitrogen and oxygen atoms in total. The van der Waals surface area contributed by atoms with Crippen LogP contribution in [0.2, 0.25) is 0 Å². The third-order valence-corrected chi connectivity index (χ3v) is 6.08. The van der Waals surface area contributed by atoms with Crippen LogP contribution in [0.3, 0.4) is 0 Å². The van der Waals surface area contributed by atoms with E-state index in [9.17, 15) is 17.6 Å². The molecular formula is C15H19FN2O3S. The van der Waals surface area contributed by atoms with Gasteiger partial charge in [-0.25, -0.2) is 12.8 Å². The highest BCUT2D eigenvalue weighted by molar-refractivity contribution is 7.89. The van der Waals surface area contributed by atoms with Crippen molar-refractivity contribution in [3.63, 3.8) is 0 Å². The first-order valence-corrected chi connectivity index (χ1v) is 8.92. The van der Waals surface area contributed by atoms with Crippen LogP contribution >= 0.6 is 0 Å². The minimum Gasteiger partial charge on any atom is -0.352 e. The zero-order valence-electron chi connectivity index (χ0n) is 12.4. The Balaban J connectivity index is 1.86. The van der Waals surface area contributed by atoms with E-state index in [2.05, 4.69) is 5.32 Å². The third kappa shape index (κ3) is 2.87. The summed E-state index contributed by atoms with van der Waals surface area (Å²) >= 11 is 0. The average Bonchev–Trinajstić information content (AvgIpc) is 3.13. The molecule has 1 N–H and O–H groups in total. The van der Waals surface area contributed by atoms with E-state index < -0.39 is 21.9 Å². The fraction of sp³-hybridized carbons (Fsp3) is 0.533. The van der Waals surface area contributed by atoms with Crippen molar-refractivity contribution in [2.24, 2.45) is 0 Å². The number of sulfonamides is 1. The van der Waals surface area contributed by atoms with Crippen molar-refractivity contribution in [2.45, 2.75) is 49.6 Å². The molecule has 1 aromatic carbocycles. The van der Waals surface area contributed by atoms with Gasteiger partial charge in [-0.1, -0.05) is 6.07 Å². The molecule has 1 unspecified atom stereocenters. The van der Waals surface area contributed by atoms with Gasteiger partial charge in [-0.15, -0.1) is 0 Å². The van der Waals surface area contributed by atoms with Crippen molar-refractivity contribution >= 4 is 15.9 Å². The molecular weight excluding hydrogens is 307 g/mol. The summed E-state index contributed by atoms with van der Waals surface area (Å²) < 4.78 is 40.3. The molecule has 1 aliphatic heterocycles. The Morgan fingerprint density at radius 1 is 1.32 bits per heavy atom. The summed E-state index contributed by atoms with van der Waals surface area (Å²) in [7, 11) is -3.86. The van der Waals surface area contributed by atoms with Crippen molar-refractivity contribution < 1.29 is 17.6 Å². The van der Waals surface area contributed by atoms with Crippen molar-refractivity contribution in [1.82, 2.24) is 9.62 Å². The summed E-state index contributed by atoms with van der Waals surface area (Å²) in [5.41, 5.74) is 0.392. The number of nitrogens with one attached hydrogen (secondary N) is 1. The molecule has 1 aromatic rings. The van der Waals surface area contributed by atoms with Crippen LogP contribution in [0.4, 0.5) is 4.39 Å². The highest BCUT2D eigenvalue weighted by atomic mass is 32.2. The standard InChI is InChI=1S/C15H19FN2O3S/c1-10-4-7-12(9-13(10)16)22(20,21)18-8-2-3-14(18)15(19)17-11-5-6-11/h4,7,9,11,14H,2-3,5-6,8H2,1H3,(H,17,19). The predicted molar refractivity (Wildman–Crippen MR) is 79.2 cm³/mol. The van der Waals surface area contributed by atoms with E-state index in [1.807, 2.05) is 0 Å². The largest absolute Gasteiger partial charge is 0.352 e. The number of amides is 1. The Bertz CT molecular complexity index is 701. The van der Waals surface area contributed by atoms with Crippen LogP contribution in [0.5, 0.6) is 0 Å². The highest BCUT2D eigenvalue weighted by Crippen LogP contribution is 2.28. The summed E-state index contributed by atoms with van der Waals surface area (Å²) in [6, 6.07) is 3.36. The Labute approximate surface area is 129 Å². The van der Waals surface area contributed by atoms with E-state index in [4.69, 9.17) is 0 Å². The van der Waals surface area contributed by atoms with Gasteiger partial charge in [-0.2, -0.15) is 4.31 Å². The molecule has 1 atom stereocenters. The summed E-state index contributed by atoms with van der Waals surface area (Å²) in [6.07, 6.45) is 3.05. The maximum atomic E-state index is 13.7. The minimum absolute atomic E-state index is 0.0956. The molecule has 0 bridgehead atoms. The first-order valence-electron chi connectivity index (χ1n) is 7.48. The van der Waals surface area contributed by atoms with E-state index >= 15 is 0 Å². The van der Waals surface area contributed by atoms with Crippen LogP contribution in [-0.2, 0) is 14.8 Å². The molecule has 7 heteroatoms. The van der Waals surface area contributed by atoms with Crippen molar-refractivity contribution in [2.75, 3.05) is 6.54 Å². The van der Waals surface area contributed by atoms with Gasteiger partial charge >= 0.3 is 0 Å². The van der Waals surface area contributed by atoms with Gasteiger partial charge < -0.3 is 5.32 Å². The first kappa shape index (κ1) is 15.4. The average molecular weight is 326 g/mol. The lowest BCUT2D eigenvalue weighted by Gasteiger charge is -2.23. The van der Waals surface area contributed by atoms with E-state index in [0.29, 0.717) is 24.9 Å². The highest BCUT2D eigenvalue weighted by Gasteiger charge is 2.40. The Hall–Kier alpha value is -1.47. The van der Waals surface area contributed by atoms with Gasteiger partial charge in [-0.05, 0) is 50.3 Å². The minimum atomic E-state index is -3.86. The number of rotatable bonds is 4. The van der Waals surface area contributed by atoms with Crippen molar-refractivity contribution in [3.8, 4) is 0 Å². The van der Waals surface area contributed by atoms with Gasteiger partial charge in [0.1, 0.15) is 11.9 Å². The van der Waals surface area contributed by atoms with Crippen molar-refractivity contribution in [1.29, 1.82) is 0 Å². The van der Waals surface area contributed by atoms with Crippen LogP contribution in [0.25, 0.3) is 0 Å². The normalized spacial score (nSPS) is 22.7. The fourth-order valence-electron chi connectivity index (χ4n) is 2.68. The topological polar surface area (TPSA) is 66.5 Å². The number of aryl methyl sites for hydroxylation is 1. The Morgan fingerprint density at radius 3 is 2.68 bits per heavy atom. The second kappa shape index (κ2) is 5.62. The number of carbonyl (C=O) groups excluding carboxylic acids is 1. The van der Waals surface area contributed by atoms with Crippen LogP contribution < -0.4 is 5.32 Å². The van der Waals surface area contributed by atoms with Crippen LogP contribution in [0.1, 0.15) is 31.2 Å². The monoisotopic (exact) mass is 326 g/mol. The maximum Gasteiger partial charge on any atom is 0.243 e. The van der Waals surface area contributed by atoms with Crippen molar-refractivity contribution in [3.05, 3.63) is 29.6 Å². The van der Waals surface area contributed by atoms with Gasteiger partial charge in [0, 0.05) is 12.6 Å². The molecule has 120 valence electrons. The molecule has 1 aliphatic carbocycles. The van der Waals surface area contributed by atoms with E-state index in [0.717, 1.165) is 18.9 Å². The second-order valence-corrected chi connectivity index (χ2v) is 7.86. The van der Waals surface area contributed by atoms with Gasteiger partial charge in [0.05, 0.1) is 4.90 Å². The van der Waals surface area contributed by atoms with E-state index in [-0.39, 0.29) is 16.8 Å². The summed E-state index contributed by atoms with van der Waals surface area (Å²) in [6.45, 7) is 1.87. The zero-order valence-corrected chi connectivity index (χ0v) is 13.2. The molecule has 1 heterocycles. The molecule has 2 fully saturated rings. The molecule has 1 saturated carbocycles. The Kier molecular flexibility index (Phi) is 3.94. The molecule has 2 aliphatic rings. The maximum absolute atomic E-state index is 13.7. The number of halogens is 1. The summed E-state index contributed by atoms with van der Waals surface area (Å²) in [4.78, 5) is 12.1. The molecule has 3 rings (SSSR count). The van der Waals surface area contributed by atoms with Crippen LogP contribution in [0.15, 0.2) is 23.1 Å². The Morgan fingerprint density at radius 2 is 2.05 bits per heavy atom. The molecule has 1 amide bonds. The molecule has 0 radical (unpaired) electrons. The second-order valence-electron chi connectivity index (χ2n) is 5.97. The quantitative estimate of drug-likeness (QED) is 0.913. The summed E-state index contributed by atoms with van der Waals surface area (Å²) in [5.74, 6) is -0.796. The third-order valence-electron chi connectivity index (χ3n) is 4.18. The first-order chi connectivity index (χ1) is 10.4. The molecule has 0 aromatic heterocycles. The van der Waals surface area contributed by atoms with Gasteiger partial charge in [0.2, 0.25) is 15.9 Å². The number of carbonyl (C=O) groups is 1.